The van der Waals surface area contributed by atoms with Gasteiger partial charge in [-0.05, 0) is 17.3 Å². The summed E-state index contributed by atoms with van der Waals surface area (Å²) in [7, 11) is 0. The molecule has 25 heavy (non-hydrogen) atoms. The Labute approximate surface area is 182 Å². The van der Waals surface area contributed by atoms with E-state index in [1.807, 2.05) is 18.2 Å². The van der Waals surface area contributed by atoms with Gasteiger partial charge in [0.1, 0.15) is 0 Å². The molecule has 1 aromatic rings. The third-order valence-corrected chi connectivity index (χ3v) is 3.85. The fourth-order valence-corrected chi connectivity index (χ4v) is 2.36. The van der Waals surface area contributed by atoms with Crippen molar-refractivity contribution in [2.24, 2.45) is 5.41 Å². The van der Waals surface area contributed by atoms with Crippen molar-refractivity contribution in [2.45, 2.75) is 60.3 Å². The second-order valence-corrected chi connectivity index (χ2v) is 7.50. The van der Waals surface area contributed by atoms with Crippen LogP contribution < -0.4 is 29.9 Å². The monoisotopic (exact) mass is 416 g/mol. The third kappa shape index (κ3) is 9.34. The van der Waals surface area contributed by atoms with E-state index in [9.17, 15) is 5.11 Å². The molecule has 0 saturated carbocycles. The van der Waals surface area contributed by atoms with Crippen LogP contribution in [0.15, 0.2) is 42.0 Å². The van der Waals surface area contributed by atoms with Gasteiger partial charge in [0.15, 0.2) is 0 Å². The molecule has 0 spiro atoms. The SMILES string of the molecule is CC(C)(C)C1=CC=C[CH]1.CC(C)c1cccc(C(C)C)c1[O-].[Cl-].[Cl-].[Ti+3]. The van der Waals surface area contributed by atoms with E-state index in [4.69, 9.17) is 0 Å². The number of rotatable bonds is 2. The van der Waals surface area contributed by atoms with Gasteiger partial charge >= 0.3 is 21.7 Å². The first-order valence-electron chi connectivity index (χ1n) is 8.16. The standard InChI is InChI=1S/C12H18O.C9H13.2ClH.Ti/c1-8(2)10-6-5-7-11(9(3)4)12(10)13;1-9(2,3)8-6-4-5-7-8;;;/h5-9,13H,1-4H3;4-7H,1-3H3;2*1H;/q;;;;+3/p-3. The molecule has 0 unspecified atom stereocenters. The Morgan fingerprint density at radius 2 is 1.28 bits per heavy atom. The van der Waals surface area contributed by atoms with E-state index in [0.29, 0.717) is 17.3 Å². The quantitative estimate of drug-likeness (QED) is 0.609. The van der Waals surface area contributed by atoms with Gasteiger partial charge in [0.05, 0.1) is 0 Å². The summed E-state index contributed by atoms with van der Waals surface area (Å²) >= 11 is 0. The Morgan fingerprint density at radius 1 is 0.840 bits per heavy atom. The van der Waals surface area contributed by atoms with Crippen LogP contribution in [0.4, 0.5) is 0 Å². The van der Waals surface area contributed by atoms with Gasteiger partial charge in [0.2, 0.25) is 0 Å². The van der Waals surface area contributed by atoms with Gasteiger partial charge < -0.3 is 29.9 Å². The van der Waals surface area contributed by atoms with Crippen LogP contribution in [0.2, 0.25) is 0 Å². The zero-order valence-electron chi connectivity index (χ0n) is 16.4. The van der Waals surface area contributed by atoms with Crippen molar-refractivity contribution in [3.05, 3.63) is 59.5 Å². The number of hydrogen-bond acceptors (Lipinski definition) is 1. The summed E-state index contributed by atoms with van der Waals surface area (Å²) in [4.78, 5) is 0. The van der Waals surface area contributed by atoms with Crippen LogP contribution in [0.5, 0.6) is 5.75 Å². The van der Waals surface area contributed by atoms with Gasteiger partial charge in [-0.2, -0.15) is 0 Å². The van der Waals surface area contributed by atoms with E-state index in [-0.39, 0.29) is 52.3 Å². The van der Waals surface area contributed by atoms with Crippen molar-refractivity contribution in [1.29, 1.82) is 0 Å². The smallest absolute Gasteiger partial charge is 1.00 e. The number of benzene rings is 1. The van der Waals surface area contributed by atoms with Gasteiger partial charge in [0.25, 0.3) is 0 Å². The van der Waals surface area contributed by atoms with E-state index in [1.54, 1.807) is 0 Å². The van der Waals surface area contributed by atoms with Crippen LogP contribution in [0.25, 0.3) is 0 Å². The van der Waals surface area contributed by atoms with Crippen molar-refractivity contribution in [2.75, 3.05) is 0 Å². The average Bonchev–Trinajstić information content (AvgIpc) is 2.92. The molecule has 2 radical (unpaired) electrons. The normalized spacial score (nSPS) is 12.4. The van der Waals surface area contributed by atoms with Crippen molar-refractivity contribution in [3.63, 3.8) is 0 Å². The van der Waals surface area contributed by atoms with Crippen LogP contribution in [0.1, 0.15) is 71.4 Å². The minimum absolute atomic E-state index is 0. The first kappa shape index (κ1) is 29.6. The number of allylic oxidation sites excluding steroid dienone is 4. The molecule has 0 saturated heterocycles. The predicted octanol–water partition coefficient (Wildman–Crippen LogP) is -0.255. The van der Waals surface area contributed by atoms with Crippen LogP contribution in [-0.2, 0) is 21.7 Å². The molecule has 1 nitrogen and oxygen atoms in total. The van der Waals surface area contributed by atoms with Crippen LogP contribution >= 0.6 is 0 Å². The van der Waals surface area contributed by atoms with Crippen molar-refractivity contribution in [1.82, 2.24) is 0 Å². The maximum Gasteiger partial charge on any atom is 3.00 e. The molecule has 1 aromatic carbocycles. The summed E-state index contributed by atoms with van der Waals surface area (Å²) in [6.07, 6.45) is 8.50. The van der Waals surface area contributed by atoms with Crippen LogP contribution in [0.3, 0.4) is 0 Å². The molecule has 0 aromatic heterocycles. The molecule has 1 aliphatic rings. The van der Waals surface area contributed by atoms with Gasteiger partial charge in [-0.1, -0.05) is 102 Å². The second-order valence-electron chi connectivity index (χ2n) is 7.50. The van der Waals surface area contributed by atoms with Gasteiger partial charge in [-0.15, -0.1) is 5.75 Å². The Balaban J connectivity index is -0.000000362. The van der Waals surface area contributed by atoms with Crippen molar-refractivity contribution in [3.8, 4) is 5.75 Å². The van der Waals surface area contributed by atoms with E-state index < -0.39 is 0 Å². The summed E-state index contributed by atoms with van der Waals surface area (Å²) in [5.74, 6) is 0.880. The fourth-order valence-electron chi connectivity index (χ4n) is 2.36. The molecule has 0 heterocycles. The summed E-state index contributed by atoms with van der Waals surface area (Å²) in [6.45, 7) is 14.9. The zero-order chi connectivity index (χ0) is 16.9. The van der Waals surface area contributed by atoms with Crippen LogP contribution in [0, 0.1) is 11.8 Å². The van der Waals surface area contributed by atoms with Crippen LogP contribution in [-0.4, -0.2) is 0 Å². The molecule has 0 atom stereocenters. The van der Waals surface area contributed by atoms with Crippen molar-refractivity contribution < 1.29 is 51.6 Å². The maximum absolute atomic E-state index is 11.9. The minimum Gasteiger partial charge on any atom is -1.00 e. The first-order valence-corrected chi connectivity index (χ1v) is 8.16. The number of para-hydroxylation sites is 1. The number of halogens is 2. The maximum atomic E-state index is 11.9. The molecule has 138 valence electrons. The van der Waals surface area contributed by atoms with Crippen molar-refractivity contribution >= 4 is 0 Å². The Bertz CT molecular complexity index is 529. The minimum atomic E-state index is 0. The molecule has 0 bridgehead atoms. The van der Waals surface area contributed by atoms with Gasteiger partial charge in [-0.3, -0.25) is 0 Å². The Hall–Kier alpha value is -0.206. The Morgan fingerprint density at radius 3 is 1.52 bits per heavy atom. The molecule has 4 heteroatoms. The molecule has 2 rings (SSSR count). The van der Waals surface area contributed by atoms with Gasteiger partial charge in [-0.25, -0.2) is 0 Å². The summed E-state index contributed by atoms with van der Waals surface area (Å²) in [6, 6.07) is 5.84. The molecular formula is C21H30Cl2OTi. The topological polar surface area (TPSA) is 23.1 Å². The number of hydrogen-bond donors (Lipinski definition) is 0. The fraction of sp³-hybridized carbons (Fsp3) is 0.476. The summed E-state index contributed by atoms with van der Waals surface area (Å²) < 4.78 is 0. The first-order chi connectivity index (χ1) is 10.1. The third-order valence-electron chi connectivity index (χ3n) is 3.85. The zero-order valence-corrected chi connectivity index (χ0v) is 19.4. The molecule has 0 fully saturated rings. The average molecular weight is 417 g/mol. The molecule has 0 aliphatic heterocycles. The Kier molecular flexibility index (Phi) is 15.4. The summed E-state index contributed by atoms with van der Waals surface area (Å²) in [5, 5.41) is 11.9. The molecular weight excluding hydrogens is 387 g/mol. The largest absolute Gasteiger partial charge is 3.00 e. The molecule has 0 N–H and O–H groups in total. The second kappa shape index (κ2) is 13.0. The van der Waals surface area contributed by atoms with E-state index in [2.05, 4.69) is 73.1 Å². The molecule has 1 aliphatic carbocycles. The van der Waals surface area contributed by atoms with E-state index in [0.717, 1.165) is 11.1 Å². The molecule has 0 amide bonds. The van der Waals surface area contributed by atoms with E-state index >= 15 is 0 Å². The summed E-state index contributed by atoms with van der Waals surface area (Å²) in [5.41, 5.74) is 3.61. The predicted molar refractivity (Wildman–Crippen MR) is 95.0 cm³/mol. The van der Waals surface area contributed by atoms with E-state index in [1.165, 1.54) is 5.57 Å². The van der Waals surface area contributed by atoms with Gasteiger partial charge in [0, 0.05) is 6.42 Å².